The van der Waals surface area contributed by atoms with Gasteiger partial charge in [-0.1, -0.05) is 37.1 Å². The SMILES string of the molecule is CCCCn1nc(C)c(/C=N\NC(=O)c2ccccc2Br)c1Cl. The Morgan fingerprint density at radius 2 is 2.22 bits per heavy atom. The smallest absolute Gasteiger partial charge is 0.267 e. The van der Waals surface area contributed by atoms with Crippen LogP contribution in [0.25, 0.3) is 0 Å². The van der Waals surface area contributed by atoms with Crippen LogP contribution in [0.4, 0.5) is 0 Å². The van der Waals surface area contributed by atoms with E-state index >= 15 is 0 Å². The average Bonchev–Trinajstić information content (AvgIpc) is 2.80. The number of carbonyl (C=O) groups is 1. The number of benzene rings is 1. The molecule has 122 valence electrons. The number of amides is 1. The normalized spacial score (nSPS) is 11.1. The summed E-state index contributed by atoms with van der Waals surface area (Å²) in [7, 11) is 0. The van der Waals surface area contributed by atoms with Crippen molar-refractivity contribution in [3.8, 4) is 0 Å². The Hall–Kier alpha value is -1.66. The lowest BCUT2D eigenvalue weighted by molar-refractivity contribution is 0.0954. The van der Waals surface area contributed by atoms with Gasteiger partial charge in [-0.2, -0.15) is 10.2 Å². The molecule has 0 saturated heterocycles. The second kappa shape index (κ2) is 8.26. The molecule has 2 rings (SSSR count). The quantitative estimate of drug-likeness (QED) is 0.587. The van der Waals surface area contributed by atoms with Gasteiger partial charge in [0, 0.05) is 11.0 Å². The van der Waals surface area contributed by atoms with Gasteiger partial charge in [0.1, 0.15) is 5.15 Å². The number of aromatic nitrogens is 2. The molecule has 0 aliphatic carbocycles. The molecule has 23 heavy (non-hydrogen) atoms. The third-order valence-corrected chi connectivity index (χ3v) is 4.40. The summed E-state index contributed by atoms with van der Waals surface area (Å²) in [5.74, 6) is -0.291. The summed E-state index contributed by atoms with van der Waals surface area (Å²) in [6.07, 6.45) is 3.61. The highest BCUT2D eigenvalue weighted by atomic mass is 79.9. The topological polar surface area (TPSA) is 59.3 Å². The molecule has 0 aliphatic heterocycles. The van der Waals surface area contributed by atoms with Crippen molar-refractivity contribution in [3.63, 3.8) is 0 Å². The van der Waals surface area contributed by atoms with Crippen molar-refractivity contribution >= 4 is 39.7 Å². The molecule has 0 bridgehead atoms. The highest BCUT2D eigenvalue weighted by molar-refractivity contribution is 9.10. The minimum Gasteiger partial charge on any atom is -0.267 e. The van der Waals surface area contributed by atoms with Crippen molar-refractivity contribution in [1.29, 1.82) is 0 Å². The Balaban J connectivity index is 2.08. The van der Waals surface area contributed by atoms with Gasteiger partial charge in [0.05, 0.1) is 23.0 Å². The number of nitrogens with one attached hydrogen (secondary N) is 1. The highest BCUT2D eigenvalue weighted by Crippen LogP contribution is 2.18. The van der Waals surface area contributed by atoms with E-state index in [0.717, 1.165) is 30.6 Å². The van der Waals surface area contributed by atoms with Crippen LogP contribution < -0.4 is 5.43 Å². The summed E-state index contributed by atoms with van der Waals surface area (Å²) >= 11 is 9.65. The van der Waals surface area contributed by atoms with Crippen LogP contribution in [0.2, 0.25) is 5.15 Å². The van der Waals surface area contributed by atoms with Gasteiger partial charge in [-0.05, 0) is 41.4 Å². The number of unbranched alkanes of at least 4 members (excludes halogenated alkanes) is 1. The number of rotatable bonds is 6. The Morgan fingerprint density at radius 3 is 2.91 bits per heavy atom. The Bertz CT molecular complexity index is 727. The first kappa shape index (κ1) is 17.7. The van der Waals surface area contributed by atoms with Crippen LogP contribution in [0.5, 0.6) is 0 Å². The molecule has 2 aromatic rings. The zero-order chi connectivity index (χ0) is 16.8. The molecule has 1 amide bonds. The van der Waals surface area contributed by atoms with Crippen LogP contribution in [0.3, 0.4) is 0 Å². The standard InChI is InChI=1S/C16H18BrClN4O/c1-3-4-9-22-15(18)13(11(2)21-22)10-19-20-16(23)12-7-5-6-8-14(12)17/h5-8,10H,3-4,9H2,1-2H3,(H,20,23)/b19-10-. The van der Waals surface area contributed by atoms with E-state index in [2.05, 4.69) is 38.5 Å². The molecular weight excluding hydrogens is 380 g/mol. The fourth-order valence-corrected chi connectivity index (χ4v) is 2.80. The fraction of sp³-hybridized carbons (Fsp3) is 0.312. The van der Waals surface area contributed by atoms with E-state index in [-0.39, 0.29) is 5.91 Å². The summed E-state index contributed by atoms with van der Waals surface area (Å²) in [6.45, 7) is 4.75. The second-order valence-electron chi connectivity index (χ2n) is 5.05. The number of hydrazone groups is 1. The van der Waals surface area contributed by atoms with Gasteiger partial charge in [0.15, 0.2) is 0 Å². The molecular formula is C16H18BrClN4O. The van der Waals surface area contributed by atoms with Crippen molar-refractivity contribution in [3.05, 3.63) is 50.7 Å². The lowest BCUT2D eigenvalue weighted by Crippen LogP contribution is -2.18. The van der Waals surface area contributed by atoms with Gasteiger partial charge < -0.3 is 0 Å². The molecule has 0 radical (unpaired) electrons. The van der Waals surface area contributed by atoms with E-state index < -0.39 is 0 Å². The summed E-state index contributed by atoms with van der Waals surface area (Å²) in [4.78, 5) is 12.1. The Labute approximate surface area is 148 Å². The van der Waals surface area contributed by atoms with E-state index in [9.17, 15) is 4.79 Å². The predicted octanol–water partition coefficient (Wildman–Crippen LogP) is 4.17. The zero-order valence-electron chi connectivity index (χ0n) is 13.0. The van der Waals surface area contributed by atoms with Crippen LogP contribution in [0, 0.1) is 6.92 Å². The third-order valence-electron chi connectivity index (χ3n) is 3.31. The van der Waals surface area contributed by atoms with E-state index in [1.807, 2.05) is 13.0 Å². The molecule has 0 unspecified atom stereocenters. The minimum absolute atomic E-state index is 0.291. The van der Waals surface area contributed by atoms with Crippen molar-refractivity contribution in [2.24, 2.45) is 5.10 Å². The monoisotopic (exact) mass is 396 g/mol. The van der Waals surface area contributed by atoms with Gasteiger partial charge in [-0.25, -0.2) is 5.43 Å². The van der Waals surface area contributed by atoms with Crippen LogP contribution in [0.15, 0.2) is 33.8 Å². The second-order valence-corrected chi connectivity index (χ2v) is 6.26. The summed E-state index contributed by atoms with van der Waals surface area (Å²) < 4.78 is 2.48. The molecule has 0 atom stereocenters. The first-order chi connectivity index (χ1) is 11.0. The molecule has 5 nitrogen and oxygen atoms in total. The maximum absolute atomic E-state index is 12.1. The van der Waals surface area contributed by atoms with Gasteiger partial charge in [0.25, 0.3) is 5.91 Å². The number of hydrogen-bond donors (Lipinski definition) is 1. The number of halogens is 2. The van der Waals surface area contributed by atoms with E-state index in [4.69, 9.17) is 11.6 Å². The molecule has 0 spiro atoms. The molecule has 1 aromatic heterocycles. The third kappa shape index (κ3) is 4.42. The number of aryl methyl sites for hydroxylation is 2. The van der Waals surface area contributed by atoms with Gasteiger partial charge in [-0.3, -0.25) is 9.48 Å². The number of nitrogens with zero attached hydrogens (tertiary/aromatic N) is 3. The molecule has 1 N–H and O–H groups in total. The maximum Gasteiger partial charge on any atom is 0.272 e. The molecule has 1 heterocycles. The van der Waals surface area contributed by atoms with E-state index in [1.165, 1.54) is 6.21 Å². The lowest BCUT2D eigenvalue weighted by atomic mass is 10.2. The first-order valence-corrected chi connectivity index (χ1v) is 8.52. The molecule has 7 heteroatoms. The fourth-order valence-electron chi connectivity index (χ4n) is 2.03. The van der Waals surface area contributed by atoms with Gasteiger partial charge >= 0.3 is 0 Å². The molecule has 1 aromatic carbocycles. The van der Waals surface area contributed by atoms with E-state index in [1.54, 1.807) is 22.9 Å². The summed E-state index contributed by atoms with van der Waals surface area (Å²) in [5.41, 5.74) is 4.52. The molecule has 0 fully saturated rings. The zero-order valence-corrected chi connectivity index (χ0v) is 15.4. The Morgan fingerprint density at radius 1 is 1.48 bits per heavy atom. The van der Waals surface area contributed by atoms with Crippen molar-refractivity contribution in [2.45, 2.75) is 33.2 Å². The predicted molar refractivity (Wildman–Crippen MR) is 96.1 cm³/mol. The van der Waals surface area contributed by atoms with Crippen LogP contribution in [0.1, 0.15) is 41.4 Å². The van der Waals surface area contributed by atoms with Gasteiger partial charge in [0.2, 0.25) is 0 Å². The van der Waals surface area contributed by atoms with Crippen LogP contribution in [-0.4, -0.2) is 21.9 Å². The molecule has 0 aliphatic rings. The lowest BCUT2D eigenvalue weighted by Gasteiger charge is -2.02. The van der Waals surface area contributed by atoms with Crippen molar-refractivity contribution < 1.29 is 4.79 Å². The summed E-state index contributed by atoms with van der Waals surface area (Å²) in [6, 6.07) is 7.16. The van der Waals surface area contributed by atoms with Gasteiger partial charge in [-0.15, -0.1) is 0 Å². The van der Waals surface area contributed by atoms with Crippen LogP contribution in [-0.2, 0) is 6.54 Å². The van der Waals surface area contributed by atoms with Crippen molar-refractivity contribution in [2.75, 3.05) is 0 Å². The maximum atomic E-state index is 12.1. The average molecular weight is 398 g/mol. The highest BCUT2D eigenvalue weighted by Gasteiger charge is 2.12. The molecule has 0 saturated carbocycles. The van der Waals surface area contributed by atoms with E-state index in [0.29, 0.717) is 15.2 Å². The summed E-state index contributed by atoms with van der Waals surface area (Å²) in [5, 5.41) is 8.92. The minimum atomic E-state index is -0.291. The largest absolute Gasteiger partial charge is 0.272 e. The van der Waals surface area contributed by atoms with Crippen molar-refractivity contribution in [1.82, 2.24) is 15.2 Å². The first-order valence-electron chi connectivity index (χ1n) is 7.35. The van der Waals surface area contributed by atoms with Crippen LogP contribution >= 0.6 is 27.5 Å². The number of hydrogen-bond acceptors (Lipinski definition) is 3. The Kier molecular flexibility index (Phi) is 6.36. The number of carbonyl (C=O) groups excluding carboxylic acids is 1.